The molecule has 1 unspecified atom stereocenters. The van der Waals surface area contributed by atoms with Gasteiger partial charge >= 0.3 is 12.3 Å². The molecule has 20 heavy (non-hydrogen) atoms. The molecular weight excluding hydrogens is 297 g/mol. The molecule has 4 nitrogen and oxygen atoms in total. The molecule has 0 aliphatic heterocycles. The van der Waals surface area contributed by atoms with Gasteiger partial charge in [-0.3, -0.25) is 0 Å². The molecule has 0 aliphatic carbocycles. The Morgan fingerprint density at radius 2 is 1.80 bits per heavy atom. The Morgan fingerprint density at radius 3 is 2.25 bits per heavy atom. The molecule has 0 aliphatic rings. The molecule has 0 heterocycles. The molecule has 0 bridgehead atoms. The van der Waals surface area contributed by atoms with Crippen molar-refractivity contribution in [2.24, 2.45) is 0 Å². The predicted octanol–water partition coefficient (Wildman–Crippen LogP) is 3.22. The predicted molar refractivity (Wildman–Crippen MR) is 67.7 cm³/mol. The van der Waals surface area contributed by atoms with Crippen molar-refractivity contribution >= 4 is 17.7 Å². The highest BCUT2D eigenvalue weighted by molar-refractivity contribution is 8.00. The van der Waals surface area contributed by atoms with E-state index in [4.69, 9.17) is 4.74 Å². The lowest BCUT2D eigenvalue weighted by atomic mass is 10.3. The fourth-order valence-corrected chi connectivity index (χ4v) is 1.96. The van der Waals surface area contributed by atoms with E-state index < -0.39 is 17.8 Å². The summed E-state index contributed by atoms with van der Waals surface area (Å²) in [4.78, 5) is 11.4. The Balaban J connectivity index is 2.70. The fourth-order valence-electron chi connectivity index (χ4n) is 1.24. The van der Waals surface area contributed by atoms with Crippen LogP contribution in [-0.4, -0.2) is 30.6 Å². The molecule has 1 aromatic carbocycles. The summed E-state index contributed by atoms with van der Waals surface area (Å²) in [6.07, 6.45) is -4.74. The molecule has 1 rings (SSSR count). The number of halogens is 3. The highest BCUT2D eigenvalue weighted by Gasteiger charge is 2.31. The quantitative estimate of drug-likeness (QED) is 0.596. The SMILES string of the molecule is CCSC(Oc1ccc(OC(F)(F)F)cc1)C(=O)OC. The first-order valence-electron chi connectivity index (χ1n) is 5.57. The summed E-state index contributed by atoms with van der Waals surface area (Å²) >= 11 is 1.21. The summed E-state index contributed by atoms with van der Waals surface area (Å²) in [5.74, 6) is -0.0550. The average molecular weight is 310 g/mol. The normalized spacial score (nSPS) is 12.7. The Labute approximate surface area is 118 Å². The van der Waals surface area contributed by atoms with Crippen LogP contribution in [-0.2, 0) is 9.53 Å². The van der Waals surface area contributed by atoms with Crippen molar-refractivity contribution in [2.45, 2.75) is 18.7 Å². The maximum atomic E-state index is 12.0. The van der Waals surface area contributed by atoms with Gasteiger partial charge in [-0.2, -0.15) is 0 Å². The highest BCUT2D eigenvalue weighted by atomic mass is 32.2. The second kappa shape index (κ2) is 7.28. The van der Waals surface area contributed by atoms with Crippen LogP contribution in [0, 0.1) is 0 Å². The van der Waals surface area contributed by atoms with Gasteiger partial charge in [-0.05, 0) is 30.0 Å². The zero-order valence-corrected chi connectivity index (χ0v) is 11.6. The van der Waals surface area contributed by atoms with Crippen LogP contribution in [0.5, 0.6) is 11.5 Å². The lowest BCUT2D eigenvalue weighted by molar-refractivity contribution is -0.274. The van der Waals surface area contributed by atoms with Crippen LogP contribution < -0.4 is 9.47 Å². The second-order valence-electron chi connectivity index (χ2n) is 3.45. The van der Waals surface area contributed by atoms with Crippen molar-refractivity contribution in [3.63, 3.8) is 0 Å². The third-order valence-electron chi connectivity index (χ3n) is 2.01. The van der Waals surface area contributed by atoms with Gasteiger partial charge in [0.1, 0.15) is 11.5 Å². The number of hydrogen-bond acceptors (Lipinski definition) is 5. The average Bonchev–Trinajstić information content (AvgIpc) is 2.38. The summed E-state index contributed by atoms with van der Waals surface area (Å²) in [5, 5.41) is 0. The van der Waals surface area contributed by atoms with Gasteiger partial charge in [-0.15, -0.1) is 24.9 Å². The molecule has 8 heteroatoms. The smallest absolute Gasteiger partial charge is 0.468 e. The fraction of sp³-hybridized carbons (Fsp3) is 0.417. The number of carbonyl (C=O) groups excluding carboxylic acids is 1. The van der Waals surface area contributed by atoms with Crippen LogP contribution in [0.25, 0.3) is 0 Å². The maximum Gasteiger partial charge on any atom is 0.573 e. The molecule has 0 fully saturated rings. The molecule has 0 aromatic heterocycles. The van der Waals surface area contributed by atoms with E-state index in [1.807, 2.05) is 6.92 Å². The Hall–Kier alpha value is -1.57. The van der Waals surface area contributed by atoms with Gasteiger partial charge in [0, 0.05) is 0 Å². The number of carbonyl (C=O) groups is 1. The summed E-state index contributed by atoms with van der Waals surface area (Å²) in [7, 11) is 1.23. The van der Waals surface area contributed by atoms with Crippen molar-refractivity contribution in [1.29, 1.82) is 0 Å². The van der Waals surface area contributed by atoms with E-state index in [9.17, 15) is 18.0 Å². The molecule has 0 N–H and O–H groups in total. The van der Waals surface area contributed by atoms with E-state index in [1.54, 1.807) is 0 Å². The lowest BCUT2D eigenvalue weighted by Gasteiger charge is -2.16. The number of esters is 1. The van der Waals surface area contributed by atoms with Gasteiger partial charge in [0.15, 0.2) is 0 Å². The monoisotopic (exact) mass is 310 g/mol. The van der Waals surface area contributed by atoms with Crippen molar-refractivity contribution < 1.29 is 32.2 Å². The van der Waals surface area contributed by atoms with Gasteiger partial charge in [-0.25, -0.2) is 4.79 Å². The van der Waals surface area contributed by atoms with Gasteiger partial charge < -0.3 is 14.2 Å². The van der Waals surface area contributed by atoms with Crippen molar-refractivity contribution in [3.05, 3.63) is 24.3 Å². The number of benzene rings is 1. The number of hydrogen-bond donors (Lipinski definition) is 0. The second-order valence-corrected chi connectivity index (χ2v) is 4.79. The molecule has 0 saturated carbocycles. The van der Waals surface area contributed by atoms with E-state index in [-0.39, 0.29) is 11.5 Å². The van der Waals surface area contributed by atoms with Crippen molar-refractivity contribution in [2.75, 3.05) is 12.9 Å². The van der Waals surface area contributed by atoms with Crippen LogP contribution in [0.15, 0.2) is 24.3 Å². The number of ether oxygens (including phenoxy) is 3. The minimum atomic E-state index is -4.74. The third-order valence-corrected chi connectivity index (χ3v) is 2.94. The largest absolute Gasteiger partial charge is 0.573 e. The van der Waals surface area contributed by atoms with Crippen LogP contribution in [0.1, 0.15) is 6.92 Å². The molecule has 0 radical (unpaired) electrons. The third kappa shape index (κ3) is 5.60. The van der Waals surface area contributed by atoms with Gasteiger partial charge in [0.05, 0.1) is 7.11 Å². The minimum Gasteiger partial charge on any atom is -0.468 e. The molecule has 1 aromatic rings. The number of rotatable bonds is 6. The standard InChI is InChI=1S/C12H13F3O4S/c1-3-20-11(10(16)17-2)18-8-4-6-9(7-5-8)19-12(13,14)15/h4-7,11H,3H2,1-2H3. The van der Waals surface area contributed by atoms with E-state index in [0.29, 0.717) is 5.75 Å². The number of methoxy groups -OCH3 is 1. The Kier molecular flexibility index (Phi) is 6.00. The Bertz CT molecular complexity index is 433. The number of alkyl halides is 3. The molecule has 112 valence electrons. The zero-order chi connectivity index (χ0) is 15.2. The van der Waals surface area contributed by atoms with Gasteiger partial charge in [0.2, 0.25) is 5.44 Å². The highest BCUT2D eigenvalue weighted by Crippen LogP contribution is 2.26. The summed E-state index contributed by atoms with van der Waals surface area (Å²) in [6, 6.07) is 4.78. The minimum absolute atomic E-state index is 0.246. The molecule has 1 atom stereocenters. The van der Waals surface area contributed by atoms with E-state index >= 15 is 0 Å². The van der Waals surface area contributed by atoms with Gasteiger partial charge in [0.25, 0.3) is 0 Å². The molecular formula is C12H13F3O4S. The van der Waals surface area contributed by atoms with Crippen molar-refractivity contribution in [1.82, 2.24) is 0 Å². The topological polar surface area (TPSA) is 44.8 Å². The first-order chi connectivity index (χ1) is 9.35. The first kappa shape index (κ1) is 16.5. The van der Waals surface area contributed by atoms with Crippen molar-refractivity contribution in [3.8, 4) is 11.5 Å². The zero-order valence-electron chi connectivity index (χ0n) is 10.8. The van der Waals surface area contributed by atoms with Crippen LogP contribution in [0.3, 0.4) is 0 Å². The maximum absolute atomic E-state index is 12.0. The summed E-state index contributed by atoms with van der Waals surface area (Å²) in [6.45, 7) is 1.84. The van der Waals surface area contributed by atoms with Gasteiger partial charge in [-0.1, -0.05) is 6.92 Å². The van der Waals surface area contributed by atoms with Crippen LogP contribution in [0.4, 0.5) is 13.2 Å². The summed E-state index contributed by atoms with van der Waals surface area (Å²) in [5.41, 5.74) is -0.862. The Morgan fingerprint density at radius 1 is 1.25 bits per heavy atom. The van der Waals surface area contributed by atoms with Crippen LogP contribution in [0.2, 0.25) is 0 Å². The van der Waals surface area contributed by atoms with E-state index in [1.165, 1.54) is 31.0 Å². The summed E-state index contributed by atoms with van der Waals surface area (Å²) < 4.78 is 49.6. The number of thioether (sulfide) groups is 1. The van der Waals surface area contributed by atoms with E-state index in [0.717, 1.165) is 12.1 Å². The van der Waals surface area contributed by atoms with E-state index in [2.05, 4.69) is 9.47 Å². The molecule has 0 spiro atoms. The molecule has 0 amide bonds. The molecule has 0 saturated heterocycles. The first-order valence-corrected chi connectivity index (χ1v) is 6.62. The van der Waals surface area contributed by atoms with Crippen LogP contribution >= 0.6 is 11.8 Å². The lowest BCUT2D eigenvalue weighted by Crippen LogP contribution is -2.25.